The lowest BCUT2D eigenvalue weighted by Gasteiger charge is -2.37. The zero-order chi connectivity index (χ0) is 19.8. The predicted molar refractivity (Wildman–Crippen MR) is 101 cm³/mol. The molecule has 0 radical (unpaired) electrons. The molecule has 140 valence electrons. The average Bonchev–Trinajstić information content (AvgIpc) is 3.14. The number of allylic oxidation sites excluding steroid dienone is 1. The highest BCUT2D eigenvalue weighted by atomic mass is 79.9. The van der Waals surface area contributed by atoms with Crippen molar-refractivity contribution in [3.8, 4) is 0 Å². The van der Waals surface area contributed by atoms with Crippen molar-refractivity contribution in [3.63, 3.8) is 0 Å². The number of carboxylic acid groups (broad SMARTS) is 2. The number of aromatic nitrogens is 1. The Morgan fingerprint density at radius 2 is 1.96 bits per heavy atom. The topological polar surface area (TPSA) is 103 Å². The van der Waals surface area contributed by atoms with Gasteiger partial charge in [0.2, 0.25) is 0 Å². The number of hydrogen-bond donors (Lipinski definition) is 2. The number of amidine groups is 1. The van der Waals surface area contributed by atoms with Gasteiger partial charge in [0, 0.05) is 16.9 Å². The first-order valence-corrected chi connectivity index (χ1v) is 9.61. The highest BCUT2D eigenvalue weighted by Gasteiger charge is 2.46. The predicted octanol–water partition coefficient (Wildman–Crippen LogP) is 3.67. The van der Waals surface area contributed by atoms with Crippen molar-refractivity contribution in [1.82, 2.24) is 9.88 Å². The van der Waals surface area contributed by atoms with E-state index in [1.54, 1.807) is 12.3 Å². The fourth-order valence-corrected chi connectivity index (χ4v) is 4.11. The third kappa shape index (κ3) is 3.26. The van der Waals surface area contributed by atoms with Gasteiger partial charge in [0.15, 0.2) is 10.8 Å². The number of aliphatic carboxylic acids is 1. The van der Waals surface area contributed by atoms with Gasteiger partial charge in [-0.1, -0.05) is 28.1 Å². The Hall–Kier alpha value is -2.59. The van der Waals surface area contributed by atoms with Crippen molar-refractivity contribution in [3.05, 3.63) is 63.5 Å². The molecular weight excluding hydrogens is 441 g/mol. The molecule has 1 aliphatic rings. The third-order valence-electron chi connectivity index (χ3n) is 4.15. The second-order valence-corrected chi connectivity index (χ2v) is 7.19. The van der Waals surface area contributed by atoms with Gasteiger partial charge in [-0.05, 0) is 24.6 Å². The standard InChI is InChI=1S/C17H13BrFN3O4S/c1-17(9-2-4-10(19)5-3-9)12(15(23)24)11(8-18)22(16(25)26)13(21-17)14-20-6-7-27-14/h2-7H,8H2,1H3,(H,23,24)(H,25,26). The highest BCUT2D eigenvalue weighted by Crippen LogP contribution is 2.41. The Kier molecular flexibility index (Phi) is 5.11. The van der Waals surface area contributed by atoms with Crippen LogP contribution in [-0.4, -0.2) is 43.3 Å². The Labute approximate surface area is 165 Å². The van der Waals surface area contributed by atoms with E-state index in [0.717, 1.165) is 4.90 Å². The van der Waals surface area contributed by atoms with Gasteiger partial charge in [-0.25, -0.2) is 28.9 Å². The summed E-state index contributed by atoms with van der Waals surface area (Å²) in [7, 11) is 0. The fraction of sp³-hybridized carbons (Fsp3) is 0.176. The minimum Gasteiger partial charge on any atom is -0.478 e. The molecule has 10 heteroatoms. The molecule has 1 aromatic carbocycles. The SMILES string of the molecule is CC1(c2ccc(F)cc2)N=C(c2nccs2)N(C(=O)O)C(CBr)=C1C(=O)O. The van der Waals surface area contributed by atoms with Crippen LogP contribution in [0.5, 0.6) is 0 Å². The van der Waals surface area contributed by atoms with Gasteiger partial charge in [-0.2, -0.15) is 0 Å². The molecule has 2 N–H and O–H groups in total. The monoisotopic (exact) mass is 453 g/mol. The lowest BCUT2D eigenvalue weighted by molar-refractivity contribution is -0.133. The minimum absolute atomic E-state index is 0.0158. The van der Waals surface area contributed by atoms with E-state index < -0.39 is 23.4 Å². The number of thiazole rings is 1. The summed E-state index contributed by atoms with van der Waals surface area (Å²) >= 11 is 4.38. The Balaban J connectivity index is 2.34. The van der Waals surface area contributed by atoms with Crippen LogP contribution in [0.3, 0.4) is 0 Å². The Morgan fingerprint density at radius 1 is 1.30 bits per heavy atom. The van der Waals surface area contributed by atoms with E-state index in [-0.39, 0.29) is 22.4 Å². The summed E-state index contributed by atoms with van der Waals surface area (Å²) in [4.78, 5) is 33.4. The van der Waals surface area contributed by atoms with E-state index in [9.17, 15) is 24.2 Å². The minimum atomic E-state index is -1.43. The van der Waals surface area contributed by atoms with Crippen molar-refractivity contribution in [1.29, 1.82) is 0 Å². The quantitative estimate of drug-likeness (QED) is 0.687. The van der Waals surface area contributed by atoms with Crippen LogP contribution in [0.4, 0.5) is 9.18 Å². The first kappa shape index (κ1) is 19.2. The summed E-state index contributed by atoms with van der Waals surface area (Å²) in [6.45, 7) is 1.55. The first-order valence-electron chi connectivity index (χ1n) is 7.61. The van der Waals surface area contributed by atoms with Crippen molar-refractivity contribution < 1.29 is 24.2 Å². The number of carboxylic acids is 1. The van der Waals surface area contributed by atoms with Gasteiger partial charge >= 0.3 is 12.1 Å². The molecule has 1 amide bonds. The molecule has 2 aromatic rings. The molecular formula is C17H13BrFN3O4S. The molecule has 0 saturated carbocycles. The zero-order valence-electron chi connectivity index (χ0n) is 13.9. The molecule has 7 nitrogen and oxygen atoms in total. The van der Waals surface area contributed by atoms with Crippen molar-refractivity contribution in [2.24, 2.45) is 4.99 Å². The van der Waals surface area contributed by atoms with E-state index in [2.05, 4.69) is 25.9 Å². The molecule has 27 heavy (non-hydrogen) atoms. The van der Waals surface area contributed by atoms with E-state index >= 15 is 0 Å². The number of rotatable bonds is 4. The van der Waals surface area contributed by atoms with Crippen LogP contribution in [0.1, 0.15) is 17.5 Å². The Morgan fingerprint density at radius 3 is 2.44 bits per heavy atom. The van der Waals surface area contributed by atoms with Gasteiger partial charge in [-0.15, -0.1) is 11.3 Å². The number of alkyl halides is 1. The van der Waals surface area contributed by atoms with Crippen LogP contribution < -0.4 is 0 Å². The summed E-state index contributed by atoms with van der Waals surface area (Å²) < 4.78 is 13.4. The largest absolute Gasteiger partial charge is 0.478 e. The number of halogens is 2. The third-order valence-corrected chi connectivity index (χ3v) is 5.45. The Bertz CT molecular complexity index is 959. The maximum absolute atomic E-state index is 13.4. The van der Waals surface area contributed by atoms with Gasteiger partial charge in [0.1, 0.15) is 11.4 Å². The van der Waals surface area contributed by atoms with Gasteiger partial charge in [0.25, 0.3) is 0 Å². The molecule has 0 spiro atoms. The van der Waals surface area contributed by atoms with Crippen LogP contribution in [0.25, 0.3) is 0 Å². The van der Waals surface area contributed by atoms with Crippen LogP contribution in [-0.2, 0) is 10.3 Å². The van der Waals surface area contributed by atoms with Crippen LogP contribution in [0.2, 0.25) is 0 Å². The van der Waals surface area contributed by atoms with Crippen LogP contribution in [0.15, 0.2) is 52.1 Å². The lowest BCUT2D eigenvalue weighted by atomic mass is 9.82. The van der Waals surface area contributed by atoms with E-state index in [0.29, 0.717) is 10.6 Å². The fourth-order valence-electron chi connectivity index (χ4n) is 2.96. The van der Waals surface area contributed by atoms with Crippen molar-refractivity contribution in [2.75, 3.05) is 5.33 Å². The average molecular weight is 454 g/mol. The van der Waals surface area contributed by atoms with Crippen molar-refractivity contribution in [2.45, 2.75) is 12.5 Å². The summed E-state index contributed by atoms with van der Waals surface area (Å²) in [5, 5.41) is 21.5. The second kappa shape index (κ2) is 7.20. The van der Waals surface area contributed by atoms with Gasteiger partial charge < -0.3 is 10.2 Å². The second-order valence-electron chi connectivity index (χ2n) is 5.73. The number of amides is 1. The number of nitrogens with zero attached hydrogens (tertiary/aromatic N) is 3. The van der Waals surface area contributed by atoms with Crippen LogP contribution >= 0.6 is 27.3 Å². The maximum Gasteiger partial charge on any atom is 0.417 e. The molecule has 1 aromatic heterocycles. The first-order chi connectivity index (χ1) is 12.8. The smallest absolute Gasteiger partial charge is 0.417 e. The summed E-state index contributed by atoms with van der Waals surface area (Å²) in [6, 6.07) is 5.28. The molecule has 3 rings (SSSR count). The van der Waals surface area contributed by atoms with Crippen LogP contribution in [0, 0.1) is 5.82 Å². The number of hydrogen-bond acceptors (Lipinski definition) is 5. The molecule has 1 atom stereocenters. The van der Waals surface area contributed by atoms with E-state index in [1.165, 1.54) is 41.8 Å². The molecule has 0 aliphatic carbocycles. The molecule has 1 aliphatic heterocycles. The molecule has 2 heterocycles. The van der Waals surface area contributed by atoms with Gasteiger partial charge in [-0.3, -0.25) is 0 Å². The van der Waals surface area contributed by atoms with E-state index in [1.807, 2.05) is 0 Å². The number of carbonyl (C=O) groups is 2. The normalized spacial score (nSPS) is 19.8. The number of aliphatic imine (C=N–C) groups is 1. The van der Waals surface area contributed by atoms with Gasteiger partial charge in [0.05, 0.1) is 11.3 Å². The summed E-state index contributed by atoms with van der Waals surface area (Å²) in [6.07, 6.45) is 0.125. The maximum atomic E-state index is 13.4. The lowest BCUT2D eigenvalue weighted by Crippen LogP contribution is -2.46. The zero-order valence-corrected chi connectivity index (χ0v) is 16.3. The molecule has 0 bridgehead atoms. The summed E-state index contributed by atoms with van der Waals surface area (Å²) in [5.74, 6) is -1.77. The summed E-state index contributed by atoms with van der Waals surface area (Å²) in [5.41, 5.74) is -1.22. The molecule has 0 fully saturated rings. The van der Waals surface area contributed by atoms with Crippen molar-refractivity contribution >= 4 is 45.2 Å². The highest BCUT2D eigenvalue weighted by molar-refractivity contribution is 9.09. The number of benzene rings is 1. The molecule has 0 saturated heterocycles. The van der Waals surface area contributed by atoms with E-state index in [4.69, 9.17) is 0 Å². The molecule has 1 unspecified atom stereocenters.